The molecule has 0 bridgehead atoms. The molecule has 2 rings (SSSR count). The van der Waals surface area contributed by atoms with Gasteiger partial charge in [-0.25, -0.2) is 0 Å². The fourth-order valence-corrected chi connectivity index (χ4v) is 1.59. The third kappa shape index (κ3) is 4.14. The highest BCUT2D eigenvalue weighted by atomic mass is 16.1. The summed E-state index contributed by atoms with van der Waals surface area (Å²) in [7, 11) is 1.87. The van der Waals surface area contributed by atoms with E-state index in [4.69, 9.17) is 0 Å². The lowest BCUT2D eigenvalue weighted by Gasteiger charge is -2.05. The topological polar surface area (TPSA) is 71.8 Å². The molecule has 17 heavy (non-hydrogen) atoms. The van der Waals surface area contributed by atoms with E-state index < -0.39 is 0 Å². The van der Waals surface area contributed by atoms with Crippen molar-refractivity contribution in [2.45, 2.75) is 38.3 Å². The van der Waals surface area contributed by atoms with Crippen LogP contribution in [0.1, 0.15) is 31.4 Å². The number of aryl methyl sites for hydroxylation is 1. The molecule has 0 aromatic carbocycles. The summed E-state index contributed by atoms with van der Waals surface area (Å²) in [5.74, 6) is 0.177. The molecule has 1 aromatic heterocycles. The molecule has 94 valence electrons. The third-order valence-corrected chi connectivity index (χ3v) is 2.81. The van der Waals surface area contributed by atoms with Crippen molar-refractivity contribution in [3.63, 3.8) is 0 Å². The third-order valence-electron chi connectivity index (χ3n) is 2.81. The molecule has 1 saturated carbocycles. The van der Waals surface area contributed by atoms with Crippen molar-refractivity contribution in [3.8, 4) is 0 Å². The maximum absolute atomic E-state index is 11.4. The SMILES string of the molecule is Cn1nncc1CNCCCC(=O)NC1CC1. The van der Waals surface area contributed by atoms with Gasteiger partial charge in [-0.1, -0.05) is 5.21 Å². The smallest absolute Gasteiger partial charge is 0.220 e. The van der Waals surface area contributed by atoms with E-state index in [2.05, 4.69) is 20.9 Å². The molecule has 0 radical (unpaired) electrons. The van der Waals surface area contributed by atoms with Crippen LogP contribution in [-0.2, 0) is 18.4 Å². The molecule has 6 nitrogen and oxygen atoms in total. The Morgan fingerprint density at radius 1 is 1.59 bits per heavy atom. The van der Waals surface area contributed by atoms with Gasteiger partial charge in [-0.2, -0.15) is 0 Å². The van der Waals surface area contributed by atoms with Crippen LogP contribution in [0.15, 0.2) is 6.20 Å². The summed E-state index contributed by atoms with van der Waals surface area (Å²) in [4.78, 5) is 11.4. The van der Waals surface area contributed by atoms with Gasteiger partial charge in [-0.15, -0.1) is 5.10 Å². The van der Waals surface area contributed by atoms with Crippen molar-refractivity contribution in [1.29, 1.82) is 0 Å². The Labute approximate surface area is 101 Å². The first kappa shape index (κ1) is 12.0. The standard InChI is InChI=1S/C11H19N5O/c1-16-10(8-13-15-16)7-12-6-2-3-11(17)14-9-4-5-9/h8-9,12H,2-7H2,1H3,(H,14,17). The fraction of sp³-hybridized carbons (Fsp3) is 0.727. The number of nitrogens with zero attached hydrogens (tertiary/aromatic N) is 3. The number of nitrogens with one attached hydrogen (secondary N) is 2. The Hall–Kier alpha value is -1.43. The lowest BCUT2D eigenvalue weighted by atomic mass is 10.3. The molecular weight excluding hydrogens is 218 g/mol. The van der Waals surface area contributed by atoms with Gasteiger partial charge in [0.25, 0.3) is 0 Å². The van der Waals surface area contributed by atoms with Crippen LogP contribution in [-0.4, -0.2) is 33.5 Å². The zero-order valence-electron chi connectivity index (χ0n) is 10.1. The van der Waals surface area contributed by atoms with Gasteiger partial charge in [0.15, 0.2) is 0 Å². The minimum atomic E-state index is 0.177. The van der Waals surface area contributed by atoms with Gasteiger partial charge in [0.05, 0.1) is 11.9 Å². The molecule has 0 atom stereocenters. The molecule has 1 aliphatic carbocycles. The van der Waals surface area contributed by atoms with E-state index in [9.17, 15) is 4.79 Å². The second-order valence-electron chi connectivity index (χ2n) is 4.47. The highest BCUT2D eigenvalue weighted by molar-refractivity contribution is 5.76. The van der Waals surface area contributed by atoms with Gasteiger partial charge in [0, 0.05) is 26.1 Å². The Bertz CT molecular complexity index is 372. The van der Waals surface area contributed by atoms with Crippen molar-refractivity contribution in [3.05, 3.63) is 11.9 Å². The van der Waals surface area contributed by atoms with Crippen molar-refractivity contribution < 1.29 is 4.79 Å². The molecule has 1 heterocycles. The van der Waals surface area contributed by atoms with E-state index in [0.717, 1.165) is 38.0 Å². The molecule has 2 N–H and O–H groups in total. The van der Waals surface area contributed by atoms with E-state index >= 15 is 0 Å². The van der Waals surface area contributed by atoms with Gasteiger partial charge in [-0.3, -0.25) is 9.48 Å². The second-order valence-corrected chi connectivity index (χ2v) is 4.47. The van der Waals surface area contributed by atoms with Crippen molar-refractivity contribution in [1.82, 2.24) is 25.6 Å². The quantitative estimate of drug-likeness (QED) is 0.653. The van der Waals surface area contributed by atoms with E-state index in [0.29, 0.717) is 12.5 Å². The second kappa shape index (κ2) is 5.77. The number of amides is 1. The lowest BCUT2D eigenvalue weighted by Crippen LogP contribution is -2.26. The van der Waals surface area contributed by atoms with Crippen LogP contribution in [0.2, 0.25) is 0 Å². The molecule has 0 aliphatic heterocycles. The molecular formula is C11H19N5O. The van der Waals surface area contributed by atoms with Crippen LogP contribution in [0.25, 0.3) is 0 Å². The summed E-state index contributed by atoms with van der Waals surface area (Å²) in [6.07, 6.45) is 5.51. The number of hydrogen-bond donors (Lipinski definition) is 2. The zero-order valence-corrected chi connectivity index (χ0v) is 10.1. The molecule has 6 heteroatoms. The normalized spacial score (nSPS) is 14.9. The largest absolute Gasteiger partial charge is 0.353 e. The summed E-state index contributed by atoms with van der Waals surface area (Å²) < 4.78 is 1.74. The van der Waals surface area contributed by atoms with E-state index in [1.807, 2.05) is 7.05 Å². The zero-order chi connectivity index (χ0) is 12.1. The highest BCUT2D eigenvalue weighted by Crippen LogP contribution is 2.18. The summed E-state index contributed by atoms with van der Waals surface area (Å²) in [5, 5.41) is 13.9. The molecule has 0 saturated heterocycles. The molecule has 1 aromatic rings. The monoisotopic (exact) mass is 237 g/mol. The van der Waals surface area contributed by atoms with E-state index in [1.165, 1.54) is 0 Å². The van der Waals surface area contributed by atoms with E-state index in [1.54, 1.807) is 10.9 Å². The summed E-state index contributed by atoms with van der Waals surface area (Å²) in [6.45, 7) is 1.58. The number of rotatable bonds is 7. The van der Waals surface area contributed by atoms with Gasteiger partial charge < -0.3 is 10.6 Å². The highest BCUT2D eigenvalue weighted by Gasteiger charge is 2.22. The first-order chi connectivity index (χ1) is 8.25. The predicted molar refractivity (Wildman–Crippen MR) is 63.1 cm³/mol. The predicted octanol–water partition coefficient (Wildman–Crippen LogP) is -0.0365. The average molecular weight is 237 g/mol. The first-order valence-corrected chi connectivity index (χ1v) is 6.09. The van der Waals surface area contributed by atoms with Crippen LogP contribution in [0.3, 0.4) is 0 Å². The number of carbonyl (C=O) groups excluding carboxylic acids is 1. The van der Waals surface area contributed by atoms with Crippen LogP contribution < -0.4 is 10.6 Å². The summed E-state index contributed by atoms with van der Waals surface area (Å²) in [5.41, 5.74) is 1.05. The average Bonchev–Trinajstić information content (AvgIpc) is 3.01. The Balaban J connectivity index is 1.51. The van der Waals surface area contributed by atoms with Gasteiger partial charge in [0.2, 0.25) is 5.91 Å². The van der Waals surface area contributed by atoms with E-state index in [-0.39, 0.29) is 5.91 Å². The minimum absolute atomic E-state index is 0.177. The van der Waals surface area contributed by atoms with Gasteiger partial charge >= 0.3 is 0 Å². The number of carbonyl (C=O) groups is 1. The Morgan fingerprint density at radius 2 is 2.41 bits per heavy atom. The number of hydrogen-bond acceptors (Lipinski definition) is 4. The van der Waals surface area contributed by atoms with Crippen LogP contribution in [0.5, 0.6) is 0 Å². The van der Waals surface area contributed by atoms with Crippen LogP contribution in [0, 0.1) is 0 Å². The van der Waals surface area contributed by atoms with Crippen LogP contribution in [0.4, 0.5) is 0 Å². The van der Waals surface area contributed by atoms with Crippen molar-refractivity contribution >= 4 is 5.91 Å². The summed E-state index contributed by atoms with van der Waals surface area (Å²) in [6, 6.07) is 0.468. The molecule has 0 spiro atoms. The number of aromatic nitrogens is 3. The maximum Gasteiger partial charge on any atom is 0.220 e. The van der Waals surface area contributed by atoms with Crippen molar-refractivity contribution in [2.24, 2.45) is 7.05 Å². The molecule has 1 aliphatic rings. The maximum atomic E-state index is 11.4. The molecule has 1 fully saturated rings. The molecule has 1 amide bonds. The Morgan fingerprint density at radius 3 is 3.06 bits per heavy atom. The fourth-order valence-electron chi connectivity index (χ4n) is 1.59. The van der Waals surface area contributed by atoms with Gasteiger partial charge in [-0.05, 0) is 25.8 Å². The summed E-state index contributed by atoms with van der Waals surface area (Å²) >= 11 is 0. The van der Waals surface area contributed by atoms with Gasteiger partial charge in [0.1, 0.15) is 0 Å². The first-order valence-electron chi connectivity index (χ1n) is 6.09. The minimum Gasteiger partial charge on any atom is -0.353 e. The van der Waals surface area contributed by atoms with Crippen LogP contribution >= 0.6 is 0 Å². The lowest BCUT2D eigenvalue weighted by molar-refractivity contribution is -0.121. The Kier molecular flexibility index (Phi) is 4.08. The van der Waals surface area contributed by atoms with Crippen molar-refractivity contribution in [2.75, 3.05) is 6.54 Å². The molecule has 0 unspecified atom stereocenters.